The molecule has 2 amide bonds. The van der Waals surface area contributed by atoms with Crippen molar-refractivity contribution in [2.24, 2.45) is 5.92 Å². The molecule has 0 bridgehead atoms. The Bertz CT molecular complexity index is 1360. The van der Waals surface area contributed by atoms with Crippen molar-refractivity contribution in [3.05, 3.63) is 62.9 Å². The quantitative estimate of drug-likeness (QED) is 0.258. The number of aryl methyl sites for hydroxylation is 2. The van der Waals surface area contributed by atoms with Crippen molar-refractivity contribution in [3.63, 3.8) is 0 Å². The Morgan fingerprint density at radius 3 is 2.36 bits per heavy atom. The first kappa shape index (κ1) is 28.4. The summed E-state index contributed by atoms with van der Waals surface area (Å²) < 4.78 is 11.7. The molecule has 2 aromatic carbocycles. The number of amides is 2. The van der Waals surface area contributed by atoms with E-state index < -0.39 is 18.5 Å². The van der Waals surface area contributed by atoms with E-state index in [2.05, 4.69) is 21.2 Å². The number of carboxylic acid groups (broad SMARTS) is 2. The maximum atomic E-state index is 12.8. The fraction of sp³-hybridized carbons (Fsp3) is 0.321. The SMILES string of the molecule is Cc1cccc(C)c1NC(=O)N1CCC(COc2cccc(-c3sc(C(=O)O)c(OCC(=O)O)c3Br)c2)CC1. The fourth-order valence-corrected chi connectivity index (χ4v) is 6.31. The van der Waals surface area contributed by atoms with Crippen LogP contribution in [0, 0.1) is 19.8 Å². The molecule has 2 heterocycles. The lowest BCUT2D eigenvalue weighted by atomic mass is 9.98. The predicted molar refractivity (Wildman–Crippen MR) is 152 cm³/mol. The van der Waals surface area contributed by atoms with Crippen LogP contribution in [0.15, 0.2) is 46.9 Å². The third-order valence-corrected chi connectivity index (χ3v) is 8.77. The number of piperidine rings is 1. The molecule has 1 aromatic heterocycles. The Kier molecular flexibility index (Phi) is 9.13. The van der Waals surface area contributed by atoms with Crippen LogP contribution in [-0.2, 0) is 4.79 Å². The highest BCUT2D eigenvalue weighted by atomic mass is 79.9. The largest absolute Gasteiger partial charge is 0.493 e. The van der Waals surface area contributed by atoms with Crippen molar-refractivity contribution < 1.29 is 34.1 Å². The maximum Gasteiger partial charge on any atom is 0.349 e. The van der Waals surface area contributed by atoms with Gasteiger partial charge in [-0.15, -0.1) is 11.3 Å². The van der Waals surface area contributed by atoms with E-state index in [1.54, 1.807) is 0 Å². The Balaban J connectivity index is 1.35. The highest BCUT2D eigenvalue weighted by Gasteiger charge is 2.26. The number of carbonyl (C=O) groups excluding carboxylic acids is 1. The lowest BCUT2D eigenvalue weighted by Crippen LogP contribution is -2.42. The van der Waals surface area contributed by atoms with Gasteiger partial charge in [0.2, 0.25) is 0 Å². The second-order valence-corrected chi connectivity index (χ2v) is 11.2. The van der Waals surface area contributed by atoms with Gasteiger partial charge in [0, 0.05) is 18.8 Å². The monoisotopic (exact) mass is 616 g/mol. The molecule has 1 fully saturated rings. The summed E-state index contributed by atoms with van der Waals surface area (Å²) in [5.41, 5.74) is 3.65. The summed E-state index contributed by atoms with van der Waals surface area (Å²) in [6.45, 7) is 5.10. The maximum absolute atomic E-state index is 12.8. The highest BCUT2D eigenvalue weighted by molar-refractivity contribution is 9.10. The number of rotatable bonds is 9. The first-order valence-corrected chi connectivity index (χ1v) is 14.0. The van der Waals surface area contributed by atoms with Gasteiger partial charge in [0.15, 0.2) is 17.2 Å². The molecule has 206 valence electrons. The second-order valence-electron chi connectivity index (χ2n) is 9.36. The van der Waals surface area contributed by atoms with Gasteiger partial charge < -0.3 is 29.9 Å². The number of carboxylic acids is 2. The summed E-state index contributed by atoms with van der Waals surface area (Å²) in [4.78, 5) is 37.8. The highest BCUT2D eigenvalue weighted by Crippen LogP contribution is 2.46. The molecule has 0 unspecified atom stereocenters. The van der Waals surface area contributed by atoms with E-state index >= 15 is 0 Å². The summed E-state index contributed by atoms with van der Waals surface area (Å²) in [5.74, 6) is -1.48. The van der Waals surface area contributed by atoms with Crippen LogP contribution in [-0.4, -0.2) is 59.4 Å². The van der Waals surface area contributed by atoms with E-state index in [0.717, 1.165) is 46.6 Å². The average Bonchev–Trinajstić information content (AvgIpc) is 3.25. The Morgan fingerprint density at radius 1 is 1.05 bits per heavy atom. The predicted octanol–water partition coefficient (Wildman–Crippen LogP) is 6.28. The molecule has 0 atom stereocenters. The number of para-hydroxylation sites is 1. The van der Waals surface area contributed by atoms with Crippen LogP contribution in [0.3, 0.4) is 0 Å². The van der Waals surface area contributed by atoms with Gasteiger partial charge in [-0.2, -0.15) is 0 Å². The molecular weight excluding hydrogens is 588 g/mol. The number of hydrogen-bond donors (Lipinski definition) is 3. The number of urea groups is 1. The molecular formula is C28H29BrN2O7S. The standard InChI is InChI=1S/C28H29BrN2O7S/c1-16-5-3-6-17(2)23(16)30-28(36)31-11-9-18(10-12-31)14-37-20-8-4-7-19(13-20)25-22(29)24(38-15-21(32)33)26(39-25)27(34)35/h3-8,13,18H,9-12,14-15H2,1-2H3,(H,30,36)(H,32,33)(H,34,35). The van der Waals surface area contributed by atoms with Crippen molar-refractivity contribution in [2.75, 3.05) is 31.6 Å². The Hall–Kier alpha value is -3.57. The Morgan fingerprint density at radius 2 is 1.72 bits per heavy atom. The molecule has 0 aliphatic carbocycles. The minimum atomic E-state index is -1.20. The van der Waals surface area contributed by atoms with Gasteiger partial charge in [-0.3, -0.25) is 0 Å². The average molecular weight is 618 g/mol. The van der Waals surface area contributed by atoms with Crippen molar-refractivity contribution in [2.45, 2.75) is 26.7 Å². The van der Waals surface area contributed by atoms with E-state index in [1.807, 2.05) is 61.2 Å². The summed E-state index contributed by atoms with van der Waals surface area (Å²) in [7, 11) is 0. The molecule has 0 spiro atoms. The molecule has 11 heteroatoms. The number of anilines is 1. The molecule has 1 aliphatic rings. The number of nitrogens with one attached hydrogen (secondary N) is 1. The minimum absolute atomic E-state index is 0.00963. The topological polar surface area (TPSA) is 125 Å². The van der Waals surface area contributed by atoms with Crippen LogP contribution < -0.4 is 14.8 Å². The number of aliphatic carboxylic acids is 1. The van der Waals surface area contributed by atoms with Gasteiger partial charge in [0.05, 0.1) is 16.0 Å². The van der Waals surface area contributed by atoms with Crippen molar-refractivity contribution in [1.29, 1.82) is 0 Å². The van der Waals surface area contributed by atoms with E-state index in [0.29, 0.717) is 40.7 Å². The third kappa shape index (κ3) is 6.90. The molecule has 3 aromatic rings. The fourth-order valence-electron chi connectivity index (χ4n) is 4.43. The lowest BCUT2D eigenvalue weighted by molar-refractivity contribution is -0.139. The van der Waals surface area contributed by atoms with Gasteiger partial charge >= 0.3 is 18.0 Å². The van der Waals surface area contributed by atoms with Crippen LogP contribution in [0.4, 0.5) is 10.5 Å². The van der Waals surface area contributed by atoms with Crippen LogP contribution in [0.5, 0.6) is 11.5 Å². The van der Waals surface area contributed by atoms with Gasteiger partial charge in [-0.05, 0) is 77.4 Å². The number of nitrogens with zero attached hydrogens (tertiary/aromatic N) is 1. The number of aromatic carboxylic acids is 1. The Labute approximate surface area is 238 Å². The van der Waals surface area contributed by atoms with Crippen LogP contribution in [0.25, 0.3) is 10.4 Å². The van der Waals surface area contributed by atoms with Gasteiger partial charge in [0.1, 0.15) is 5.75 Å². The minimum Gasteiger partial charge on any atom is -0.493 e. The van der Waals surface area contributed by atoms with E-state index in [-0.39, 0.29) is 16.7 Å². The molecule has 4 rings (SSSR count). The summed E-state index contributed by atoms with van der Waals surface area (Å²) in [5, 5.41) is 21.5. The van der Waals surface area contributed by atoms with Gasteiger partial charge in [0.25, 0.3) is 0 Å². The normalized spacial score (nSPS) is 13.7. The summed E-state index contributed by atoms with van der Waals surface area (Å²) >= 11 is 4.38. The van der Waals surface area contributed by atoms with E-state index in [1.165, 1.54) is 0 Å². The van der Waals surface area contributed by atoms with Crippen molar-refractivity contribution in [3.8, 4) is 21.9 Å². The number of thiophene rings is 1. The summed E-state index contributed by atoms with van der Waals surface area (Å²) in [6, 6.07) is 13.1. The zero-order chi connectivity index (χ0) is 28.1. The first-order chi connectivity index (χ1) is 18.6. The molecule has 1 saturated heterocycles. The molecule has 3 N–H and O–H groups in total. The molecule has 0 radical (unpaired) electrons. The summed E-state index contributed by atoms with van der Waals surface area (Å²) in [6.07, 6.45) is 1.64. The molecule has 1 aliphatic heterocycles. The van der Waals surface area contributed by atoms with Crippen LogP contribution >= 0.6 is 27.3 Å². The van der Waals surface area contributed by atoms with Crippen molar-refractivity contribution in [1.82, 2.24) is 4.90 Å². The lowest BCUT2D eigenvalue weighted by Gasteiger charge is -2.32. The number of likely N-dealkylation sites (tertiary alicyclic amines) is 1. The van der Waals surface area contributed by atoms with Crippen molar-refractivity contribution >= 4 is 50.9 Å². The zero-order valence-electron chi connectivity index (χ0n) is 21.5. The molecule has 9 nitrogen and oxygen atoms in total. The molecule has 39 heavy (non-hydrogen) atoms. The van der Waals surface area contributed by atoms with E-state index in [9.17, 15) is 19.5 Å². The van der Waals surface area contributed by atoms with E-state index in [4.69, 9.17) is 14.6 Å². The van der Waals surface area contributed by atoms with Gasteiger partial charge in [-0.25, -0.2) is 14.4 Å². The van der Waals surface area contributed by atoms with Gasteiger partial charge in [-0.1, -0.05) is 30.3 Å². The first-order valence-electron chi connectivity index (χ1n) is 12.4. The number of ether oxygens (including phenoxy) is 2. The van der Waals surface area contributed by atoms with Crippen LogP contribution in [0.1, 0.15) is 33.6 Å². The smallest absolute Gasteiger partial charge is 0.349 e. The third-order valence-electron chi connectivity index (χ3n) is 6.54. The number of halogens is 1. The number of benzene rings is 2. The molecule has 0 saturated carbocycles. The zero-order valence-corrected chi connectivity index (χ0v) is 23.9. The van der Waals surface area contributed by atoms with Crippen LogP contribution in [0.2, 0.25) is 0 Å². The second kappa shape index (κ2) is 12.5. The number of hydrogen-bond acceptors (Lipinski definition) is 6. The number of carbonyl (C=O) groups is 3.